The van der Waals surface area contributed by atoms with E-state index in [0.717, 1.165) is 20.9 Å². The Bertz CT molecular complexity index is 1120. The SMILES string of the molecule is CCOC(C)Oc1ccc(S([OH+]S(C)(=O)=O)(c2ccccc2)c2ccc(OC(C)OCC)cc2)cc1. The average molecular weight is 536 g/mol. The lowest BCUT2D eigenvalue weighted by Gasteiger charge is -2.34. The van der Waals surface area contributed by atoms with Crippen LogP contribution in [0.25, 0.3) is 0 Å². The Hall–Kier alpha value is -2.56. The molecule has 0 spiro atoms. The second-order valence-electron chi connectivity index (χ2n) is 7.93. The fraction of sp³-hybridized carbons (Fsp3) is 0.333. The van der Waals surface area contributed by atoms with Gasteiger partial charge in [0.2, 0.25) is 0 Å². The van der Waals surface area contributed by atoms with Crippen molar-refractivity contribution < 1.29 is 31.0 Å². The molecule has 0 saturated heterocycles. The van der Waals surface area contributed by atoms with Gasteiger partial charge in [0.05, 0.1) is 25.0 Å². The van der Waals surface area contributed by atoms with Gasteiger partial charge in [-0.05, 0) is 88.4 Å². The molecule has 0 amide bonds. The minimum absolute atomic E-state index is 0.403. The number of rotatable bonds is 13. The molecule has 2 atom stereocenters. The first kappa shape index (κ1) is 28.0. The summed E-state index contributed by atoms with van der Waals surface area (Å²) in [5, 5.41) is 0. The van der Waals surface area contributed by atoms with Crippen LogP contribution in [0.15, 0.2) is 93.5 Å². The molecule has 0 aliphatic heterocycles. The van der Waals surface area contributed by atoms with E-state index in [4.69, 9.17) is 18.9 Å². The molecule has 7 nitrogen and oxygen atoms in total. The maximum Gasteiger partial charge on any atom is 0.387 e. The highest BCUT2D eigenvalue weighted by molar-refractivity contribution is 8.32. The lowest BCUT2D eigenvalue weighted by molar-refractivity contribution is -0.0616. The van der Waals surface area contributed by atoms with Gasteiger partial charge in [-0.3, -0.25) is 3.63 Å². The number of ether oxygens (including phenoxy) is 4. The van der Waals surface area contributed by atoms with Crippen molar-refractivity contribution in [2.24, 2.45) is 0 Å². The van der Waals surface area contributed by atoms with Crippen molar-refractivity contribution in [3.8, 4) is 11.5 Å². The molecular weight excluding hydrogens is 500 g/mol. The molecule has 0 heterocycles. The smallest absolute Gasteiger partial charge is 0.387 e. The summed E-state index contributed by atoms with van der Waals surface area (Å²) in [6.45, 7) is 8.54. The van der Waals surface area contributed by atoms with Crippen molar-refractivity contribution in [1.82, 2.24) is 0 Å². The fourth-order valence-electron chi connectivity index (χ4n) is 3.71. The maximum absolute atomic E-state index is 12.7. The minimum Gasteiger partial charge on any atom is -0.465 e. The molecule has 2 unspecified atom stereocenters. The van der Waals surface area contributed by atoms with Gasteiger partial charge < -0.3 is 18.9 Å². The van der Waals surface area contributed by atoms with Crippen LogP contribution in [0.5, 0.6) is 11.5 Å². The van der Waals surface area contributed by atoms with E-state index >= 15 is 0 Å². The van der Waals surface area contributed by atoms with Gasteiger partial charge in [-0.15, -0.1) is 0 Å². The Morgan fingerprint density at radius 2 is 1.06 bits per heavy atom. The van der Waals surface area contributed by atoms with Crippen molar-refractivity contribution in [3.05, 3.63) is 78.9 Å². The van der Waals surface area contributed by atoms with Crippen LogP contribution in [0.1, 0.15) is 27.7 Å². The van der Waals surface area contributed by atoms with Crippen molar-refractivity contribution in [3.63, 3.8) is 0 Å². The molecule has 0 aliphatic rings. The number of hydrogen-bond donors (Lipinski definition) is 0. The van der Waals surface area contributed by atoms with E-state index in [2.05, 4.69) is 3.63 Å². The highest BCUT2D eigenvalue weighted by Gasteiger charge is 2.41. The van der Waals surface area contributed by atoms with Gasteiger partial charge in [-0.25, -0.2) is 0 Å². The van der Waals surface area contributed by atoms with Gasteiger partial charge in [-0.2, -0.15) is 8.42 Å². The van der Waals surface area contributed by atoms with Crippen LogP contribution in [0.3, 0.4) is 0 Å². The summed E-state index contributed by atoms with van der Waals surface area (Å²) in [6.07, 6.45) is 0.319. The zero-order chi connectivity index (χ0) is 26.2. The zero-order valence-electron chi connectivity index (χ0n) is 21.3. The van der Waals surface area contributed by atoms with Gasteiger partial charge in [0.25, 0.3) is 0 Å². The fourth-order valence-corrected chi connectivity index (χ4v) is 8.79. The van der Waals surface area contributed by atoms with Gasteiger partial charge in [0, 0.05) is 13.2 Å². The summed E-state index contributed by atoms with van der Waals surface area (Å²) in [6, 6.07) is 24.2. The Kier molecular flexibility index (Phi) is 9.81. The molecule has 9 heteroatoms. The van der Waals surface area contributed by atoms with Crippen molar-refractivity contribution in [2.45, 2.75) is 55.0 Å². The zero-order valence-corrected chi connectivity index (χ0v) is 22.9. The molecule has 3 rings (SSSR count). The van der Waals surface area contributed by atoms with E-state index in [9.17, 15) is 8.42 Å². The van der Waals surface area contributed by atoms with E-state index in [1.807, 2.05) is 107 Å². The van der Waals surface area contributed by atoms with Crippen LogP contribution in [-0.2, 0) is 19.6 Å². The van der Waals surface area contributed by atoms with Crippen LogP contribution in [0.4, 0.5) is 0 Å². The maximum atomic E-state index is 12.7. The third-order valence-corrected chi connectivity index (χ3v) is 9.91. The van der Waals surface area contributed by atoms with Crippen LogP contribution >= 0.6 is 10.3 Å². The van der Waals surface area contributed by atoms with Crippen LogP contribution in [0.2, 0.25) is 0 Å². The molecule has 3 aromatic rings. The lowest BCUT2D eigenvalue weighted by atomic mass is 10.3. The van der Waals surface area contributed by atoms with E-state index in [-0.39, 0.29) is 0 Å². The van der Waals surface area contributed by atoms with Crippen LogP contribution in [0, 0.1) is 0 Å². The number of hydrogen-bond acceptors (Lipinski definition) is 6. The standard InChI is InChI=1S/C27H34O7S2/c1-6-30-21(3)32-23-13-17-26(18-14-23)36(34-35(5,28)29,25-11-9-8-10-12-25)27-19-15-24(16-20-27)33-22(4)31-7-2/h8-22H,6-7H2,1-5H3/p+1. The summed E-state index contributed by atoms with van der Waals surface area (Å²) in [7, 11) is -6.28. The first-order valence-corrected chi connectivity index (χ1v) is 15.2. The van der Waals surface area contributed by atoms with Gasteiger partial charge in [0.15, 0.2) is 12.6 Å². The van der Waals surface area contributed by atoms with Crippen LogP contribution in [-0.4, -0.2) is 44.1 Å². The molecule has 0 aromatic heterocycles. The average Bonchev–Trinajstić information content (AvgIpc) is 2.84. The predicted octanol–water partition coefficient (Wildman–Crippen LogP) is 6.46. The summed E-state index contributed by atoms with van der Waals surface area (Å²) < 4.78 is 52.5. The molecule has 0 saturated carbocycles. The Morgan fingerprint density at radius 1 is 0.667 bits per heavy atom. The highest BCUT2D eigenvalue weighted by atomic mass is 32.3. The topological polar surface area (TPSA) is 83.9 Å². The van der Waals surface area contributed by atoms with Gasteiger partial charge in [-0.1, -0.05) is 18.2 Å². The van der Waals surface area contributed by atoms with E-state index in [0.29, 0.717) is 24.7 Å². The van der Waals surface area contributed by atoms with E-state index in [1.54, 1.807) is 0 Å². The molecule has 196 valence electrons. The van der Waals surface area contributed by atoms with Crippen molar-refractivity contribution in [1.29, 1.82) is 0 Å². The summed E-state index contributed by atoms with van der Waals surface area (Å²) >= 11 is 0. The van der Waals surface area contributed by atoms with E-state index < -0.39 is 33.0 Å². The normalized spacial score (nSPS) is 15.9. The molecule has 36 heavy (non-hydrogen) atoms. The molecule has 0 aliphatic carbocycles. The predicted molar refractivity (Wildman–Crippen MR) is 143 cm³/mol. The van der Waals surface area contributed by atoms with Crippen molar-refractivity contribution in [2.75, 3.05) is 19.5 Å². The molecule has 0 bridgehead atoms. The first-order chi connectivity index (χ1) is 17.2. The third kappa shape index (κ3) is 7.24. The molecule has 0 fully saturated rings. The highest BCUT2D eigenvalue weighted by Crippen LogP contribution is 2.68. The van der Waals surface area contributed by atoms with Gasteiger partial charge >= 0.3 is 10.1 Å². The van der Waals surface area contributed by atoms with E-state index in [1.165, 1.54) is 0 Å². The molecule has 1 N–H and O–H groups in total. The Morgan fingerprint density at radius 3 is 1.42 bits per heavy atom. The monoisotopic (exact) mass is 535 g/mol. The first-order valence-electron chi connectivity index (χ1n) is 11.8. The largest absolute Gasteiger partial charge is 0.465 e. The second kappa shape index (κ2) is 12.6. The quantitative estimate of drug-likeness (QED) is 0.142. The molecular formula is C27H35O7S2+. The summed E-state index contributed by atoms with van der Waals surface area (Å²) in [5.74, 6) is 1.24. The van der Waals surface area contributed by atoms with Gasteiger partial charge in [0.1, 0.15) is 17.8 Å². The Labute approximate surface area is 216 Å². The van der Waals surface area contributed by atoms with Crippen LogP contribution < -0.4 is 9.47 Å². The summed E-state index contributed by atoms with van der Waals surface area (Å²) in [4.78, 5) is 2.31. The van der Waals surface area contributed by atoms with Crippen molar-refractivity contribution >= 4 is 20.4 Å². The minimum atomic E-state index is -3.74. The summed E-state index contributed by atoms with van der Waals surface area (Å²) in [5.41, 5.74) is 0. The lowest BCUT2D eigenvalue weighted by Crippen LogP contribution is -2.18. The molecule has 3 aromatic carbocycles. The number of benzene rings is 3. The molecule has 0 radical (unpaired) electrons. The third-order valence-electron chi connectivity index (χ3n) is 5.07. The second-order valence-corrected chi connectivity index (χ2v) is 12.6. The Balaban J connectivity index is 2.11.